The molecule has 126 valence electrons. The highest BCUT2D eigenvalue weighted by molar-refractivity contribution is 5.67. The third-order valence-electron chi connectivity index (χ3n) is 3.17. The molecule has 0 spiro atoms. The minimum absolute atomic E-state index is 0.276. The molecule has 24 heavy (non-hydrogen) atoms. The number of amides is 1. The molecule has 2 aromatic carbocycles. The van der Waals surface area contributed by atoms with Gasteiger partial charge >= 0.3 is 6.09 Å². The lowest BCUT2D eigenvalue weighted by Crippen LogP contribution is -2.26. The van der Waals surface area contributed by atoms with Crippen molar-refractivity contribution in [3.05, 3.63) is 65.7 Å². The summed E-state index contributed by atoms with van der Waals surface area (Å²) in [6.07, 6.45) is 0.321. The summed E-state index contributed by atoms with van der Waals surface area (Å²) in [4.78, 5) is 11.6. The molecule has 2 rings (SSSR count). The molecule has 0 bridgehead atoms. The maximum Gasteiger partial charge on any atom is 0.407 e. The van der Waals surface area contributed by atoms with Gasteiger partial charge in [0.2, 0.25) is 0 Å². The van der Waals surface area contributed by atoms with E-state index < -0.39 is 6.09 Å². The standard InChI is InChI=1S/C18H22N4O2/c1-22(2)21-20-17-10-8-15(9-11-17)12-13-19-18(23)24-14-16-6-4-3-5-7-16/h3-11H,12-14H2,1-2H3,(H,19,23). The van der Waals surface area contributed by atoms with Crippen LogP contribution < -0.4 is 5.32 Å². The number of nitrogens with one attached hydrogen (secondary N) is 1. The Kier molecular flexibility index (Phi) is 6.76. The van der Waals surface area contributed by atoms with Gasteiger partial charge in [0.1, 0.15) is 6.61 Å². The number of alkyl carbamates (subject to hydrolysis) is 1. The fraction of sp³-hybridized carbons (Fsp3) is 0.278. The van der Waals surface area contributed by atoms with Crippen LogP contribution in [-0.2, 0) is 17.8 Å². The van der Waals surface area contributed by atoms with Crippen LogP contribution in [0.1, 0.15) is 11.1 Å². The van der Waals surface area contributed by atoms with Gasteiger partial charge in [0.05, 0.1) is 5.69 Å². The first-order valence-electron chi connectivity index (χ1n) is 7.76. The summed E-state index contributed by atoms with van der Waals surface area (Å²) < 4.78 is 5.16. The number of nitrogens with zero attached hydrogens (tertiary/aromatic N) is 3. The number of carbonyl (C=O) groups is 1. The Morgan fingerprint density at radius 1 is 1.04 bits per heavy atom. The van der Waals surface area contributed by atoms with Crippen molar-refractivity contribution in [2.24, 2.45) is 10.3 Å². The maximum absolute atomic E-state index is 11.6. The van der Waals surface area contributed by atoms with E-state index in [-0.39, 0.29) is 6.61 Å². The molecule has 0 aliphatic heterocycles. The van der Waals surface area contributed by atoms with Crippen molar-refractivity contribution in [1.82, 2.24) is 10.3 Å². The highest BCUT2D eigenvalue weighted by Crippen LogP contribution is 2.13. The van der Waals surface area contributed by atoms with Gasteiger partial charge in [0, 0.05) is 20.6 Å². The zero-order valence-corrected chi connectivity index (χ0v) is 14.0. The monoisotopic (exact) mass is 326 g/mol. The molecule has 6 heteroatoms. The number of rotatable bonds is 7. The van der Waals surface area contributed by atoms with Crippen molar-refractivity contribution in [2.45, 2.75) is 13.0 Å². The molecular weight excluding hydrogens is 304 g/mol. The first-order valence-corrected chi connectivity index (χ1v) is 7.76. The largest absolute Gasteiger partial charge is 0.445 e. The highest BCUT2D eigenvalue weighted by atomic mass is 16.5. The molecule has 2 aromatic rings. The van der Waals surface area contributed by atoms with Crippen molar-refractivity contribution in [1.29, 1.82) is 0 Å². The number of ether oxygens (including phenoxy) is 1. The topological polar surface area (TPSA) is 66.3 Å². The summed E-state index contributed by atoms with van der Waals surface area (Å²) in [7, 11) is 3.64. The molecule has 0 atom stereocenters. The fourth-order valence-electron chi connectivity index (χ4n) is 1.95. The Labute approximate surface area is 142 Å². The van der Waals surface area contributed by atoms with Gasteiger partial charge in [-0.05, 0) is 29.7 Å². The fourth-order valence-corrected chi connectivity index (χ4v) is 1.95. The molecule has 0 aromatic heterocycles. The third-order valence-corrected chi connectivity index (χ3v) is 3.17. The van der Waals surface area contributed by atoms with Crippen LogP contribution in [0, 0.1) is 0 Å². The van der Waals surface area contributed by atoms with E-state index >= 15 is 0 Å². The van der Waals surface area contributed by atoms with Crippen LogP contribution >= 0.6 is 0 Å². The minimum Gasteiger partial charge on any atom is -0.445 e. The molecule has 0 unspecified atom stereocenters. The second kappa shape index (κ2) is 9.29. The average Bonchev–Trinajstić information content (AvgIpc) is 2.60. The van der Waals surface area contributed by atoms with Crippen molar-refractivity contribution in [3.8, 4) is 0 Å². The molecule has 0 aliphatic carbocycles. The van der Waals surface area contributed by atoms with Gasteiger partial charge in [-0.15, -0.1) is 5.11 Å². The Bertz CT molecular complexity index is 654. The van der Waals surface area contributed by atoms with Crippen LogP contribution in [0.3, 0.4) is 0 Å². The first-order chi connectivity index (χ1) is 11.6. The normalized spacial score (nSPS) is 10.6. The predicted octanol–water partition coefficient (Wildman–Crippen LogP) is 3.72. The Balaban J connectivity index is 1.68. The Morgan fingerprint density at radius 2 is 1.75 bits per heavy atom. The Morgan fingerprint density at radius 3 is 2.42 bits per heavy atom. The maximum atomic E-state index is 11.6. The zero-order valence-electron chi connectivity index (χ0n) is 14.0. The van der Waals surface area contributed by atoms with E-state index in [2.05, 4.69) is 15.7 Å². The van der Waals surface area contributed by atoms with Crippen molar-refractivity contribution in [3.63, 3.8) is 0 Å². The molecule has 0 aliphatic rings. The van der Waals surface area contributed by atoms with Gasteiger partial charge in [0.25, 0.3) is 0 Å². The van der Waals surface area contributed by atoms with Crippen molar-refractivity contribution < 1.29 is 9.53 Å². The predicted molar refractivity (Wildman–Crippen MR) is 93.0 cm³/mol. The minimum atomic E-state index is -0.407. The van der Waals surface area contributed by atoms with Crippen LogP contribution in [0.25, 0.3) is 0 Å². The van der Waals surface area contributed by atoms with Gasteiger partial charge in [-0.3, -0.25) is 5.01 Å². The van der Waals surface area contributed by atoms with E-state index in [0.29, 0.717) is 6.54 Å². The quantitative estimate of drug-likeness (QED) is 0.623. The molecule has 6 nitrogen and oxygen atoms in total. The average molecular weight is 326 g/mol. The van der Waals surface area contributed by atoms with Gasteiger partial charge in [-0.25, -0.2) is 4.79 Å². The molecule has 0 radical (unpaired) electrons. The summed E-state index contributed by atoms with van der Waals surface area (Å²) in [5.74, 6) is 0. The Hall–Kier alpha value is -2.89. The number of carbonyl (C=O) groups excluding carboxylic acids is 1. The first kappa shape index (κ1) is 17.5. The molecule has 1 N–H and O–H groups in total. The van der Waals surface area contributed by atoms with Gasteiger partial charge in [-0.2, -0.15) is 0 Å². The van der Waals surface area contributed by atoms with Gasteiger partial charge in [-0.1, -0.05) is 47.7 Å². The third kappa shape index (κ3) is 6.48. The highest BCUT2D eigenvalue weighted by Gasteiger charge is 2.02. The summed E-state index contributed by atoms with van der Waals surface area (Å²) in [5.41, 5.74) is 2.87. The molecule has 0 saturated heterocycles. The second-order valence-corrected chi connectivity index (χ2v) is 5.44. The van der Waals surface area contributed by atoms with E-state index in [1.54, 1.807) is 5.01 Å². The molecule has 0 fully saturated rings. The molecule has 0 heterocycles. The summed E-state index contributed by atoms with van der Waals surface area (Å²) in [6.45, 7) is 0.796. The van der Waals surface area contributed by atoms with E-state index in [9.17, 15) is 4.79 Å². The molecule has 0 saturated carbocycles. The van der Waals surface area contributed by atoms with E-state index in [1.807, 2.05) is 68.7 Å². The smallest absolute Gasteiger partial charge is 0.407 e. The molecular formula is C18H22N4O2. The lowest BCUT2D eigenvalue weighted by molar-refractivity contribution is 0.140. The van der Waals surface area contributed by atoms with Gasteiger partial charge < -0.3 is 10.1 Å². The van der Waals surface area contributed by atoms with Crippen molar-refractivity contribution in [2.75, 3.05) is 20.6 Å². The summed E-state index contributed by atoms with van der Waals surface area (Å²) in [6, 6.07) is 17.3. The van der Waals surface area contributed by atoms with Crippen LogP contribution in [0.4, 0.5) is 10.5 Å². The van der Waals surface area contributed by atoms with Crippen LogP contribution in [0.5, 0.6) is 0 Å². The van der Waals surface area contributed by atoms with Crippen LogP contribution in [0.2, 0.25) is 0 Å². The van der Waals surface area contributed by atoms with Gasteiger partial charge in [0.15, 0.2) is 0 Å². The van der Waals surface area contributed by atoms with Crippen molar-refractivity contribution >= 4 is 11.8 Å². The summed E-state index contributed by atoms with van der Waals surface area (Å²) in [5, 5.41) is 12.4. The molecule has 1 amide bonds. The van der Waals surface area contributed by atoms with Crippen LogP contribution in [0.15, 0.2) is 64.9 Å². The number of hydrogen-bond donors (Lipinski definition) is 1. The van der Waals surface area contributed by atoms with E-state index in [4.69, 9.17) is 4.74 Å². The zero-order chi connectivity index (χ0) is 17.2. The summed E-state index contributed by atoms with van der Waals surface area (Å²) >= 11 is 0. The van der Waals surface area contributed by atoms with Crippen LogP contribution in [-0.4, -0.2) is 31.7 Å². The van der Waals surface area contributed by atoms with E-state index in [0.717, 1.165) is 23.2 Å². The SMILES string of the molecule is CN(C)N=Nc1ccc(CCNC(=O)OCc2ccccc2)cc1. The number of benzene rings is 2. The lowest BCUT2D eigenvalue weighted by Gasteiger charge is -2.07. The number of hydrogen-bond acceptors (Lipinski definition) is 4. The second-order valence-electron chi connectivity index (χ2n) is 5.44. The lowest BCUT2D eigenvalue weighted by atomic mass is 10.1. The van der Waals surface area contributed by atoms with E-state index in [1.165, 1.54) is 0 Å².